The van der Waals surface area contributed by atoms with E-state index in [0.717, 1.165) is 25.7 Å². The van der Waals surface area contributed by atoms with Gasteiger partial charge >= 0.3 is 7.12 Å². The van der Waals surface area contributed by atoms with E-state index in [4.69, 9.17) is 15.2 Å². The first-order valence-electron chi connectivity index (χ1n) is 3.74. The van der Waals surface area contributed by atoms with Crippen molar-refractivity contribution in [2.24, 2.45) is 0 Å². The van der Waals surface area contributed by atoms with Crippen LogP contribution in [0.4, 0.5) is 0 Å². The molecule has 2 aliphatic rings. The highest BCUT2D eigenvalue weighted by molar-refractivity contribution is 6.44. The normalized spacial score (nSPS) is 21.0. The zero-order valence-corrected chi connectivity index (χ0v) is 5.90. The lowest BCUT2D eigenvalue weighted by molar-refractivity contribution is 0.279. The molecule has 0 spiro atoms. The van der Waals surface area contributed by atoms with Crippen LogP contribution in [-0.4, -0.2) is 28.4 Å². The fraction of sp³-hybridized carbons (Fsp3) is 1.00. The Balaban J connectivity index is 0.000000177. The zero-order valence-electron chi connectivity index (χ0n) is 5.90. The third-order valence-corrected chi connectivity index (χ3v) is 1.59. The van der Waals surface area contributed by atoms with Gasteiger partial charge in [0.25, 0.3) is 0 Å². The summed E-state index contributed by atoms with van der Waals surface area (Å²) in [4.78, 5) is 0. The fourth-order valence-electron chi connectivity index (χ4n) is 0.469. The summed E-state index contributed by atoms with van der Waals surface area (Å²) in [5.41, 5.74) is 0. The van der Waals surface area contributed by atoms with Gasteiger partial charge in [-0.15, -0.1) is 0 Å². The van der Waals surface area contributed by atoms with Crippen molar-refractivity contribution < 1.29 is 15.2 Å². The summed E-state index contributed by atoms with van der Waals surface area (Å²) < 4.78 is 0. The first-order valence-corrected chi connectivity index (χ1v) is 3.74. The average Bonchev–Trinajstić information content (AvgIpc) is 2.57. The largest absolute Gasteiger partial charge is 0.454 e. The highest BCUT2D eigenvalue weighted by Crippen LogP contribution is 2.36. The Morgan fingerprint density at radius 1 is 1.00 bits per heavy atom. The monoisotopic (exact) mass is 160 g/mol. The minimum atomic E-state index is -1.04. The van der Waals surface area contributed by atoms with E-state index in [1.54, 1.807) is 0 Å². The van der Waals surface area contributed by atoms with Crippen molar-refractivity contribution in [2.45, 2.75) is 45.0 Å². The standard InChI is InChI=1S/C3H7BO2.C3H6O.CH4/c5-4(6)3-1-2-3;4-3-1-2-3;/h3,5-6H,1-2H2;3-4H,1-2H2;1H4. The van der Waals surface area contributed by atoms with E-state index >= 15 is 0 Å². The maximum absolute atomic E-state index is 8.25. The number of rotatable bonds is 1. The van der Waals surface area contributed by atoms with Crippen molar-refractivity contribution >= 4 is 7.12 Å². The quantitative estimate of drug-likeness (QED) is 0.486. The van der Waals surface area contributed by atoms with Crippen molar-refractivity contribution in [3.8, 4) is 0 Å². The topological polar surface area (TPSA) is 60.7 Å². The molecule has 0 unspecified atom stereocenters. The van der Waals surface area contributed by atoms with E-state index in [9.17, 15) is 0 Å². The van der Waals surface area contributed by atoms with Crippen molar-refractivity contribution in [2.75, 3.05) is 0 Å². The SMILES string of the molecule is C.OB(O)C1CC1.OC1CC1. The van der Waals surface area contributed by atoms with Crippen molar-refractivity contribution in [1.29, 1.82) is 0 Å². The highest BCUT2D eigenvalue weighted by Gasteiger charge is 2.33. The molecule has 0 amide bonds. The lowest BCUT2D eigenvalue weighted by Crippen LogP contribution is -2.09. The van der Waals surface area contributed by atoms with Crippen LogP contribution in [-0.2, 0) is 0 Å². The van der Waals surface area contributed by atoms with E-state index in [1.165, 1.54) is 0 Å². The van der Waals surface area contributed by atoms with Gasteiger partial charge in [0.15, 0.2) is 0 Å². The first-order chi connectivity index (χ1) is 4.70. The summed E-state index contributed by atoms with van der Waals surface area (Å²) in [5.74, 6) is 0.213. The molecule has 11 heavy (non-hydrogen) atoms. The van der Waals surface area contributed by atoms with Crippen molar-refractivity contribution in [1.82, 2.24) is 0 Å². The molecule has 0 aromatic carbocycles. The second-order valence-corrected chi connectivity index (χ2v) is 2.98. The van der Waals surface area contributed by atoms with E-state index in [-0.39, 0.29) is 19.3 Å². The summed E-state index contributed by atoms with van der Waals surface area (Å²) in [7, 11) is -1.04. The van der Waals surface area contributed by atoms with Gasteiger partial charge in [-0.3, -0.25) is 0 Å². The summed E-state index contributed by atoms with van der Waals surface area (Å²) in [6, 6.07) is 0. The van der Waals surface area contributed by atoms with Crippen LogP contribution in [0.25, 0.3) is 0 Å². The predicted molar refractivity (Wildman–Crippen MR) is 45.1 cm³/mol. The van der Waals surface area contributed by atoms with E-state index in [2.05, 4.69) is 0 Å². The van der Waals surface area contributed by atoms with Crippen LogP contribution in [0.2, 0.25) is 5.82 Å². The minimum absolute atomic E-state index is 0. The maximum atomic E-state index is 8.25. The second kappa shape index (κ2) is 4.75. The van der Waals surface area contributed by atoms with Gasteiger partial charge in [-0.25, -0.2) is 0 Å². The number of aliphatic hydroxyl groups excluding tert-OH is 1. The molecule has 0 radical (unpaired) electrons. The molecule has 2 saturated carbocycles. The van der Waals surface area contributed by atoms with Crippen LogP contribution in [0.5, 0.6) is 0 Å². The number of aliphatic hydroxyl groups is 1. The van der Waals surface area contributed by atoms with Gasteiger partial charge in [0, 0.05) is 0 Å². The number of hydrogen-bond donors (Lipinski definition) is 3. The van der Waals surface area contributed by atoms with Gasteiger partial charge in [0.1, 0.15) is 0 Å². The summed E-state index contributed by atoms with van der Waals surface area (Å²) in [5, 5.41) is 24.7. The molecule has 2 rings (SSSR count). The molecule has 0 atom stereocenters. The first kappa shape index (κ1) is 10.9. The van der Waals surface area contributed by atoms with Gasteiger partial charge in [-0.2, -0.15) is 0 Å². The molecule has 0 aliphatic heterocycles. The lowest BCUT2D eigenvalue weighted by atomic mass is 9.84. The molecule has 0 heterocycles. The molecule has 2 fully saturated rings. The smallest absolute Gasteiger partial charge is 0.427 e. The second-order valence-electron chi connectivity index (χ2n) is 2.98. The Labute approximate surface area is 68.2 Å². The predicted octanol–water partition coefficient (Wildman–Crippen LogP) is 0.400. The zero-order chi connectivity index (χ0) is 7.56. The Morgan fingerprint density at radius 2 is 1.36 bits per heavy atom. The Hall–Kier alpha value is -0.0551. The molecule has 0 aromatic heterocycles. The molecule has 4 heteroatoms. The Kier molecular flexibility index (Phi) is 4.72. The van der Waals surface area contributed by atoms with Crippen molar-refractivity contribution in [3.63, 3.8) is 0 Å². The third kappa shape index (κ3) is 6.35. The molecular formula is C7H17BO3. The van der Waals surface area contributed by atoms with Crippen LogP contribution in [0.15, 0.2) is 0 Å². The molecule has 0 aromatic rings. The minimum Gasteiger partial charge on any atom is -0.427 e. The molecule has 0 saturated heterocycles. The van der Waals surface area contributed by atoms with Crippen LogP contribution in [0, 0.1) is 0 Å². The van der Waals surface area contributed by atoms with Gasteiger partial charge in [0.05, 0.1) is 6.10 Å². The summed E-state index contributed by atoms with van der Waals surface area (Å²) in [6.45, 7) is 0. The van der Waals surface area contributed by atoms with E-state index in [0.29, 0.717) is 0 Å². The van der Waals surface area contributed by atoms with Gasteiger partial charge in [0.2, 0.25) is 0 Å². The van der Waals surface area contributed by atoms with Crippen LogP contribution in [0.1, 0.15) is 33.1 Å². The molecule has 66 valence electrons. The van der Waals surface area contributed by atoms with E-state index in [1.807, 2.05) is 0 Å². The Bertz CT molecular complexity index is 99.9. The Morgan fingerprint density at radius 3 is 1.36 bits per heavy atom. The molecular weight excluding hydrogens is 143 g/mol. The lowest BCUT2D eigenvalue weighted by Gasteiger charge is -1.84. The molecule has 3 N–H and O–H groups in total. The van der Waals surface area contributed by atoms with Crippen LogP contribution in [0.3, 0.4) is 0 Å². The third-order valence-electron chi connectivity index (χ3n) is 1.59. The van der Waals surface area contributed by atoms with Crippen LogP contribution < -0.4 is 0 Å². The molecule has 0 bridgehead atoms. The average molecular weight is 160 g/mol. The molecule has 2 aliphatic carbocycles. The molecule has 3 nitrogen and oxygen atoms in total. The summed E-state index contributed by atoms with van der Waals surface area (Å²) >= 11 is 0. The van der Waals surface area contributed by atoms with Crippen molar-refractivity contribution in [3.05, 3.63) is 0 Å². The van der Waals surface area contributed by atoms with E-state index < -0.39 is 7.12 Å². The fourth-order valence-corrected chi connectivity index (χ4v) is 0.469. The highest BCUT2D eigenvalue weighted by atomic mass is 16.4. The van der Waals surface area contributed by atoms with Gasteiger partial charge in [-0.1, -0.05) is 20.3 Å². The van der Waals surface area contributed by atoms with Crippen LogP contribution >= 0.6 is 0 Å². The number of hydrogen-bond acceptors (Lipinski definition) is 3. The van der Waals surface area contributed by atoms with Gasteiger partial charge < -0.3 is 15.2 Å². The summed E-state index contributed by atoms with van der Waals surface area (Å²) in [6.07, 6.45) is 4.16. The van der Waals surface area contributed by atoms with Gasteiger partial charge in [-0.05, 0) is 18.7 Å². The maximum Gasteiger partial charge on any atom is 0.454 e.